The summed E-state index contributed by atoms with van der Waals surface area (Å²) in [4.78, 5) is 12.7. The monoisotopic (exact) mass is 365 g/mol. The summed E-state index contributed by atoms with van der Waals surface area (Å²) in [5.41, 5.74) is 5.13. The van der Waals surface area contributed by atoms with Gasteiger partial charge in [-0.05, 0) is 23.3 Å². The number of pyridine rings is 1. The molecule has 0 aliphatic carbocycles. The normalized spacial score (nSPS) is 10.4. The van der Waals surface area contributed by atoms with Crippen molar-refractivity contribution in [2.24, 2.45) is 0 Å². The molecule has 0 fully saturated rings. The molecule has 136 valence electrons. The molecule has 0 saturated carbocycles. The maximum atomic E-state index is 12.7. The third-order valence-corrected chi connectivity index (χ3v) is 4.58. The molecule has 0 bridgehead atoms. The topological polar surface area (TPSA) is 33.0 Å². The summed E-state index contributed by atoms with van der Waals surface area (Å²) in [6, 6.07) is 32.1. The molecule has 4 aromatic rings. The lowest BCUT2D eigenvalue weighted by atomic mass is 10.0. The van der Waals surface area contributed by atoms with Gasteiger partial charge in [-0.25, -0.2) is 0 Å². The van der Waals surface area contributed by atoms with Crippen LogP contribution in [-0.2, 0) is 11.3 Å². The molecule has 1 aromatic heterocycles. The molecule has 1 N–H and O–H groups in total. The number of carbonyl (C=O) groups is 1. The van der Waals surface area contributed by atoms with Gasteiger partial charge in [0.1, 0.15) is 0 Å². The van der Waals surface area contributed by atoms with Crippen LogP contribution in [0.1, 0.15) is 0 Å². The minimum absolute atomic E-state index is 0.0569. The first kappa shape index (κ1) is 17.7. The average Bonchev–Trinajstić information content (AvgIpc) is 2.75. The second-order valence-corrected chi connectivity index (χ2v) is 6.59. The van der Waals surface area contributed by atoms with E-state index in [1.165, 1.54) is 0 Å². The minimum Gasteiger partial charge on any atom is -0.320 e. The predicted octanol–water partition coefficient (Wildman–Crippen LogP) is 4.95. The van der Waals surface area contributed by atoms with Crippen LogP contribution >= 0.6 is 0 Å². The molecule has 1 amide bonds. The zero-order valence-corrected chi connectivity index (χ0v) is 15.5. The molecule has 4 rings (SSSR count). The number of anilines is 1. The number of carbonyl (C=O) groups excluding carboxylic acids is 1. The maximum absolute atomic E-state index is 12.7. The third-order valence-electron chi connectivity index (χ3n) is 4.58. The molecular formula is C25H21N2O+. The van der Waals surface area contributed by atoms with Crippen molar-refractivity contribution in [2.75, 3.05) is 5.32 Å². The summed E-state index contributed by atoms with van der Waals surface area (Å²) < 4.78 is 1.91. The van der Waals surface area contributed by atoms with Crippen molar-refractivity contribution >= 4 is 11.6 Å². The van der Waals surface area contributed by atoms with E-state index in [9.17, 15) is 4.79 Å². The van der Waals surface area contributed by atoms with Gasteiger partial charge < -0.3 is 5.32 Å². The first-order valence-corrected chi connectivity index (χ1v) is 9.28. The Kier molecular flexibility index (Phi) is 5.25. The van der Waals surface area contributed by atoms with Gasteiger partial charge in [-0.1, -0.05) is 78.9 Å². The smallest absolute Gasteiger partial charge is 0.290 e. The van der Waals surface area contributed by atoms with Crippen molar-refractivity contribution in [1.29, 1.82) is 0 Å². The lowest BCUT2D eigenvalue weighted by molar-refractivity contribution is -0.683. The number of nitrogens with one attached hydrogen (secondary N) is 1. The van der Waals surface area contributed by atoms with Gasteiger partial charge in [0.05, 0.1) is 0 Å². The molecular weight excluding hydrogens is 344 g/mol. The number of benzene rings is 3. The number of aromatic nitrogens is 1. The van der Waals surface area contributed by atoms with Gasteiger partial charge in [0.15, 0.2) is 12.4 Å². The summed E-state index contributed by atoms with van der Waals surface area (Å²) in [6.07, 6.45) is 3.91. The fourth-order valence-electron chi connectivity index (χ4n) is 3.24. The number of nitrogens with zero attached hydrogens (tertiary/aromatic N) is 1. The Morgan fingerprint density at radius 1 is 0.679 bits per heavy atom. The van der Waals surface area contributed by atoms with Gasteiger partial charge in [0, 0.05) is 22.9 Å². The first-order valence-electron chi connectivity index (χ1n) is 9.28. The van der Waals surface area contributed by atoms with E-state index in [0.717, 1.165) is 27.9 Å². The summed E-state index contributed by atoms with van der Waals surface area (Å²) in [6.45, 7) is 0.254. The van der Waals surface area contributed by atoms with Crippen LogP contribution in [0, 0.1) is 0 Å². The Morgan fingerprint density at radius 3 is 2.04 bits per heavy atom. The van der Waals surface area contributed by atoms with Gasteiger partial charge in [0.2, 0.25) is 6.54 Å². The van der Waals surface area contributed by atoms with Crippen LogP contribution < -0.4 is 9.88 Å². The lowest BCUT2D eigenvalue weighted by Gasteiger charge is -2.10. The van der Waals surface area contributed by atoms with Crippen LogP contribution in [-0.4, -0.2) is 5.91 Å². The third kappa shape index (κ3) is 4.15. The largest absolute Gasteiger partial charge is 0.320 e. The molecule has 3 heteroatoms. The maximum Gasteiger partial charge on any atom is 0.290 e. The first-order chi connectivity index (χ1) is 13.8. The van der Waals surface area contributed by atoms with Gasteiger partial charge in [-0.2, -0.15) is 4.57 Å². The molecule has 0 aliphatic heterocycles. The highest BCUT2D eigenvalue weighted by molar-refractivity contribution is 5.94. The Balaban J connectivity index is 1.52. The minimum atomic E-state index is -0.0569. The SMILES string of the molecule is O=C(C[n+]1cccc(-c2ccccc2)c1)Nc1ccccc1-c1ccccc1. The summed E-state index contributed by atoms with van der Waals surface area (Å²) in [5, 5.41) is 3.06. The van der Waals surface area contributed by atoms with E-state index in [2.05, 4.69) is 23.5 Å². The van der Waals surface area contributed by atoms with E-state index in [1.54, 1.807) is 0 Å². The molecule has 0 aliphatic rings. The zero-order valence-electron chi connectivity index (χ0n) is 15.5. The van der Waals surface area contributed by atoms with E-state index in [4.69, 9.17) is 0 Å². The van der Waals surface area contributed by atoms with E-state index >= 15 is 0 Å². The summed E-state index contributed by atoms with van der Waals surface area (Å²) in [5.74, 6) is -0.0569. The van der Waals surface area contributed by atoms with Crippen LogP contribution in [0.2, 0.25) is 0 Å². The van der Waals surface area contributed by atoms with E-state index in [-0.39, 0.29) is 12.5 Å². The fraction of sp³-hybridized carbons (Fsp3) is 0.0400. The van der Waals surface area contributed by atoms with Crippen LogP contribution in [0.3, 0.4) is 0 Å². The Labute approximate surface area is 164 Å². The van der Waals surface area contributed by atoms with E-state index in [1.807, 2.05) is 95.8 Å². The molecule has 3 nitrogen and oxygen atoms in total. The van der Waals surface area contributed by atoms with Crippen LogP contribution in [0.25, 0.3) is 22.3 Å². The number of para-hydroxylation sites is 1. The van der Waals surface area contributed by atoms with E-state index in [0.29, 0.717) is 0 Å². The van der Waals surface area contributed by atoms with Crippen molar-refractivity contribution in [3.05, 3.63) is 109 Å². The van der Waals surface area contributed by atoms with E-state index < -0.39 is 0 Å². The highest BCUT2D eigenvalue weighted by atomic mass is 16.1. The fourth-order valence-corrected chi connectivity index (χ4v) is 3.24. The number of amides is 1. The van der Waals surface area contributed by atoms with Crippen molar-refractivity contribution < 1.29 is 9.36 Å². The number of hydrogen-bond acceptors (Lipinski definition) is 1. The van der Waals surface area contributed by atoms with Gasteiger partial charge in [-0.3, -0.25) is 4.79 Å². The molecule has 0 saturated heterocycles. The number of hydrogen-bond donors (Lipinski definition) is 1. The second kappa shape index (κ2) is 8.31. The summed E-state index contributed by atoms with van der Waals surface area (Å²) >= 11 is 0. The van der Waals surface area contributed by atoms with Gasteiger partial charge in [-0.15, -0.1) is 0 Å². The quantitative estimate of drug-likeness (QED) is 0.499. The van der Waals surface area contributed by atoms with Crippen molar-refractivity contribution in [1.82, 2.24) is 0 Å². The molecule has 3 aromatic carbocycles. The zero-order chi connectivity index (χ0) is 19.2. The van der Waals surface area contributed by atoms with Crippen molar-refractivity contribution in [3.8, 4) is 22.3 Å². The molecule has 28 heavy (non-hydrogen) atoms. The van der Waals surface area contributed by atoms with Gasteiger partial charge in [0.25, 0.3) is 5.91 Å². The Morgan fingerprint density at radius 2 is 1.29 bits per heavy atom. The highest BCUT2D eigenvalue weighted by Crippen LogP contribution is 2.27. The van der Waals surface area contributed by atoms with Crippen molar-refractivity contribution in [3.63, 3.8) is 0 Å². The van der Waals surface area contributed by atoms with Crippen LogP contribution in [0.4, 0.5) is 5.69 Å². The average molecular weight is 365 g/mol. The standard InChI is InChI=1S/C25H20N2O/c28-25(19-27-17-9-14-22(18-27)20-10-3-1-4-11-20)26-24-16-8-7-15-23(24)21-12-5-2-6-13-21/h1-18H,19H2/p+1. The lowest BCUT2D eigenvalue weighted by Crippen LogP contribution is -2.39. The summed E-state index contributed by atoms with van der Waals surface area (Å²) in [7, 11) is 0. The van der Waals surface area contributed by atoms with Gasteiger partial charge >= 0.3 is 0 Å². The van der Waals surface area contributed by atoms with Crippen LogP contribution in [0.5, 0.6) is 0 Å². The number of rotatable bonds is 5. The Bertz CT molecular complexity index is 1080. The highest BCUT2D eigenvalue weighted by Gasteiger charge is 2.13. The molecule has 0 unspecified atom stereocenters. The predicted molar refractivity (Wildman–Crippen MR) is 113 cm³/mol. The molecule has 0 spiro atoms. The van der Waals surface area contributed by atoms with Crippen molar-refractivity contribution in [2.45, 2.75) is 6.54 Å². The molecule has 0 atom stereocenters. The second-order valence-electron chi connectivity index (χ2n) is 6.59. The Hall–Kier alpha value is -3.72. The molecule has 0 radical (unpaired) electrons. The van der Waals surface area contributed by atoms with Crippen LogP contribution in [0.15, 0.2) is 109 Å². The molecule has 1 heterocycles.